The molecule has 5 nitrogen and oxygen atoms in total. The van der Waals surface area contributed by atoms with Gasteiger partial charge in [-0.1, -0.05) is 6.07 Å². The van der Waals surface area contributed by atoms with Gasteiger partial charge in [0.25, 0.3) is 0 Å². The van der Waals surface area contributed by atoms with Crippen molar-refractivity contribution in [3.05, 3.63) is 53.9 Å². The fourth-order valence-corrected chi connectivity index (χ4v) is 1.45. The van der Waals surface area contributed by atoms with Crippen LogP contribution in [-0.4, -0.2) is 15.0 Å². The van der Waals surface area contributed by atoms with Crippen LogP contribution in [0, 0.1) is 6.92 Å². The molecule has 0 aliphatic heterocycles. The Morgan fingerprint density at radius 1 is 1.25 bits per heavy atom. The second-order valence-electron chi connectivity index (χ2n) is 3.47. The molecule has 0 fully saturated rings. The smallest absolute Gasteiger partial charge is 0.0911 e. The molecule has 0 saturated heterocycles. The van der Waals surface area contributed by atoms with E-state index in [4.69, 9.17) is 5.84 Å². The SMILES string of the molecule is Cc1cnc(C(NN)c2cccnc2)cn1. The molecule has 0 aliphatic carbocycles. The molecule has 2 heterocycles. The Kier molecular flexibility index (Phi) is 3.19. The molecule has 0 spiro atoms. The van der Waals surface area contributed by atoms with Gasteiger partial charge in [-0.15, -0.1) is 0 Å². The average molecular weight is 215 g/mol. The van der Waals surface area contributed by atoms with Crippen LogP contribution in [0.25, 0.3) is 0 Å². The predicted molar refractivity (Wildman–Crippen MR) is 60.2 cm³/mol. The summed E-state index contributed by atoms with van der Waals surface area (Å²) >= 11 is 0. The van der Waals surface area contributed by atoms with Crippen LogP contribution in [0.15, 0.2) is 36.9 Å². The zero-order chi connectivity index (χ0) is 11.4. The molecule has 5 heteroatoms. The molecule has 16 heavy (non-hydrogen) atoms. The van der Waals surface area contributed by atoms with E-state index < -0.39 is 0 Å². The lowest BCUT2D eigenvalue weighted by atomic mass is 10.1. The quantitative estimate of drug-likeness (QED) is 0.583. The van der Waals surface area contributed by atoms with Crippen LogP contribution >= 0.6 is 0 Å². The van der Waals surface area contributed by atoms with Crippen molar-refractivity contribution in [3.63, 3.8) is 0 Å². The minimum Gasteiger partial charge on any atom is -0.271 e. The third-order valence-corrected chi connectivity index (χ3v) is 2.28. The standard InChI is InChI=1S/C11H13N5/c1-8-5-15-10(7-14-8)11(16-12)9-3-2-4-13-6-9/h2-7,11,16H,12H2,1H3. The number of nitrogens with one attached hydrogen (secondary N) is 1. The van der Waals surface area contributed by atoms with E-state index in [0.29, 0.717) is 0 Å². The molecule has 0 aliphatic rings. The highest BCUT2D eigenvalue weighted by Crippen LogP contribution is 2.17. The van der Waals surface area contributed by atoms with Gasteiger partial charge in [0.1, 0.15) is 0 Å². The highest BCUT2D eigenvalue weighted by molar-refractivity contribution is 5.23. The maximum Gasteiger partial charge on any atom is 0.0911 e. The predicted octanol–water partition coefficient (Wildman–Crippen LogP) is 0.733. The molecule has 2 rings (SSSR count). The summed E-state index contributed by atoms with van der Waals surface area (Å²) in [6, 6.07) is 3.63. The molecule has 2 aromatic rings. The first-order valence-corrected chi connectivity index (χ1v) is 4.96. The highest BCUT2D eigenvalue weighted by atomic mass is 15.2. The second-order valence-corrected chi connectivity index (χ2v) is 3.47. The van der Waals surface area contributed by atoms with Gasteiger partial charge in [0.2, 0.25) is 0 Å². The van der Waals surface area contributed by atoms with Gasteiger partial charge in [-0.25, -0.2) is 5.43 Å². The second kappa shape index (κ2) is 4.78. The molecule has 0 saturated carbocycles. The van der Waals surface area contributed by atoms with E-state index in [-0.39, 0.29) is 6.04 Å². The molecule has 0 radical (unpaired) electrons. The number of hydrogen-bond donors (Lipinski definition) is 2. The van der Waals surface area contributed by atoms with Crippen LogP contribution in [-0.2, 0) is 0 Å². The Hall–Kier alpha value is -1.85. The van der Waals surface area contributed by atoms with Crippen molar-refractivity contribution >= 4 is 0 Å². The van der Waals surface area contributed by atoms with Gasteiger partial charge >= 0.3 is 0 Å². The van der Waals surface area contributed by atoms with Crippen LogP contribution < -0.4 is 11.3 Å². The number of rotatable bonds is 3. The minimum absolute atomic E-state index is 0.179. The first-order valence-electron chi connectivity index (χ1n) is 4.96. The number of hydrazine groups is 1. The first-order chi connectivity index (χ1) is 7.81. The van der Waals surface area contributed by atoms with Gasteiger partial charge in [0.15, 0.2) is 0 Å². The van der Waals surface area contributed by atoms with Crippen LogP contribution in [0.2, 0.25) is 0 Å². The number of aromatic nitrogens is 3. The summed E-state index contributed by atoms with van der Waals surface area (Å²) in [6.45, 7) is 1.89. The van der Waals surface area contributed by atoms with E-state index in [1.165, 1.54) is 0 Å². The lowest BCUT2D eigenvalue weighted by Gasteiger charge is -2.14. The largest absolute Gasteiger partial charge is 0.271 e. The van der Waals surface area contributed by atoms with Crippen molar-refractivity contribution in [1.82, 2.24) is 20.4 Å². The summed E-state index contributed by atoms with van der Waals surface area (Å²) in [7, 11) is 0. The van der Waals surface area contributed by atoms with Gasteiger partial charge in [-0.3, -0.25) is 20.8 Å². The number of nitrogens with two attached hydrogens (primary N) is 1. The Balaban J connectivity index is 2.33. The van der Waals surface area contributed by atoms with Crippen LogP contribution in [0.3, 0.4) is 0 Å². The molecule has 3 N–H and O–H groups in total. The summed E-state index contributed by atoms with van der Waals surface area (Å²) in [5.74, 6) is 5.53. The summed E-state index contributed by atoms with van der Waals surface area (Å²) in [4.78, 5) is 12.5. The van der Waals surface area contributed by atoms with E-state index in [0.717, 1.165) is 17.0 Å². The van der Waals surface area contributed by atoms with Crippen molar-refractivity contribution in [2.45, 2.75) is 13.0 Å². The normalized spacial score (nSPS) is 12.4. The zero-order valence-electron chi connectivity index (χ0n) is 8.96. The molecule has 82 valence electrons. The monoisotopic (exact) mass is 215 g/mol. The maximum absolute atomic E-state index is 5.53. The van der Waals surface area contributed by atoms with Crippen molar-refractivity contribution in [1.29, 1.82) is 0 Å². The Labute approximate surface area is 93.7 Å². The molecule has 0 bridgehead atoms. The highest BCUT2D eigenvalue weighted by Gasteiger charge is 2.13. The van der Waals surface area contributed by atoms with E-state index in [1.54, 1.807) is 24.8 Å². The number of nitrogens with zero attached hydrogens (tertiary/aromatic N) is 3. The number of hydrogen-bond acceptors (Lipinski definition) is 5. The van der Waals surface area contributed by atoms with Crippen LogP contribution in [0.4, 0.5) is 0 Å². The van der Waals surface area contributed by atoms with Crippen LogP contribution in [0.1, 0.15) is 23.0 Å². The average Bonchev–Trinajstić information content (AvgIpc) is 2.34. The maximum atomic E-state index is 5.53. The third kappa shape index (κ3) is 2.21. The molecular formula is C11H13N5. The minimum atomic E-state index is -0.179. The summed E-state index contributed by atoms with van der Waals surface area (Å²) in [6.07, 6.45) is 6.91. The van der Waals surface area contributed by atoms with Crippen LogP contribution in [0.5, 0.6) is 0 Å². The van der Waals surface area contributed by atoms with Crippen molar-refractivity contribution in [2.75, 3.05) is 0 Å². The summed E-state index contributed by atoms with van der Waals surface area (Å²) < 4.78 is 0. The Morgan fingerprint density at radius 2 is 2.12 bits per heavy atom. The van der Waals surface area contributed by atoms with Crippen molar-refractivity contribution < 1.29 is 0 Å². The van der Waals surface area contributed by atoms with Gasteiger partial charge in [-0.2, -0.15) is 0 Å². The van der Waals surface area contributed by atoms with Gasteiger partial charge < -0.3 is 0 Å². The Morgan fingerprint density at radius 3 is 2.69 bits per heavy atom. The molecule has 1 unspecified atom stereocenters. The fourth-order valence-electron chi connectivity index (χ4n) is 1.45. The zero-order valence-corrected chi connectivity index (χ0v) is 8.96. The lowest BCUT2D eigenvalue weighted by molar-refractivity contribution is 0.615. The van der Waals surface area contributed by atoms with Crippen molar-refractivity contribution in [2.24, 2.45) is 5.84 Å². The topological polar surface area (TPSA) is 76.7 Å². The summed E-state index contributed by atoms with van der Waals surface area (Å²) in [5.41, 5.74) is 5.33. The number of aryl methyl sites for hydroxylation is 1. The lowest BCUT2D eigenvalue weighted by Crippen LogP contribution is -2.29. The molecular weight excluding hydrogens is 202 g/mol. The van der Waals surface area contributed by atoms with E-state index in [9.17, 15) is 0 Å². The summed E-state index contributed by atoms with van der Waals surface area (Å²) in [5, 5.41) is 0. The molecule has 2 aromatic heterocycles. The first kappa shape index (κ1) is 10.7. The van der Waals surface area contributed by atoms with Gasteiger partial charge in [0.05, 0.1) is 23.6 Å². The van der Waals surface area contributed by atoms with E-state index >= 15 is 0 Å². The fraction of sp³-hybridized carbons (Fsp3) is 0.182. The van der Waals surface area contributed by atoms with E-state index in [1.807, 2.05) is 19.1 Å². The third-order valence-electron chi connectivity index (χ3n) is 2.28. The molecule has 0 aromatic carbocycles. The molecule has 1 atom stereocenters. The van der Waals surface area contributed by atoms with Gasteiger partial charge in [-0.05, 0) is 18.6 Å². The van der Waals surface area contributed by atoms with Crippen molar-refractivity contribution in [3.8, 4) is 0 Å². The Bertz CT molecular complexity index is 440. The molecule has 0 amide bonds. The van der Waals surface area contributed by atoms with E-state index in [2.05, 4.69) is 20.4 Å². The van der Waals surface area contributed by atoms with Gasteiger partial charge in [0, 0.05) is 18.6 Å². The number of pyridine rings is 1.